The Labute approximate surface area is 106 Å². The van der Waals surface area contributed by atoms with Crippen molar-refractivity contribution < 1.29 is 9.90 Å². The lowest BCUT2D eigenvalue weighted by molar-refractivity contribution is -0.136. The summed E-state index contributed by atoms with van der Waals surface area (Å²) in [5, 5.41) is 16.5. The largest absolute Gasteiger partial charge is 0.481 e. The smallest absolute Gasteiger partial charge is 0.332 e. The summed E-state index contributed by atoms with van der Waals surface area (Å²) in [7, 11) is 2.87. The highest BCUT2D eigenvalue weighted by Gasteiger charge is 2.11. The lowest BCUT2D eigenvalue weighted by atomic mass is 10.2. The van der Waals surface area contributed by atoms with Crippen LogP contribution in [0.2, 0.25) is 0 Å². The second-order valence-corrected chi connectivity index (χ2v) is 4.17. The molecule has 8 heteroatoms. The number of aliphatic carboxylic acids is 1. The highest BCUT2D eigenvalue weighted by Crippen LogP contribution is 2.06. The highest BCUT2D eigenvalue weighted by molar-refractivity contribution is 5.73. The molecule has 100 valence electrons. The van der Waals surface area contributed by atoms with Gasteiger partial charge in [-0.1, -0.05) is 0 Å². The van der Waals surface area contributed by atoms with Gasteiger partial charge in [0.25, 0.3) is 5.56 Å². The van der Waals surface area contributed by atoms with E-state index in [1.165, 1.54) is 24.7 Å². The Hall–Kier alpha value is -2.51. The molecular weight excluding hydrogens is 252 g/mol. The minimum Gasteiger partial charge on any atom is -0.481 e. The maximum absolute atomic E-state index is 12.0. The van der Waals surface area contributed by atoms with Gasteiger partial charge in [0.2, 0.25) is 0 Å². The molecule has 0 bridgehead atoms. The molecular formula is C11H12N4O4. The molecule has 0 aliphatic carbocycles. The molecule has 0 radical (unpaired) electrons. The predicted octanol–water partition coefficient (Wildman–Crippen LogP) is -0.956. The summed E-state index contributed by atoms with van der Waals surface area (Å²) in [4.78, 5) is 34.1. The van der Waals surface area contributed by atoms with Gasteiger partial charge in [-0.25, -0.2) is 4.79 Å². The molecule has 2 aromatic heterocycles. The Kier molecular flexibility index (Phi) is 3.16. The van der Waals surface area contributed by atoms with E-state index in [0.717, 1.165) is 4.57 Å². The average molecular weight is 264 g/mol. The molecule has 0 aromatic carbocycles. The molecule has 8 nitrogen and oxygen atoms in total. The van der Waals surface area contributed by atoms with E-state index in [1.807, 2.05) is 0 Å². The number of hydrogen-bond donors (Lipinski definition) is 1. The number of hydrogen-bond acceptors (Lipinski definition) is 5. The van der Waals surface area contributed by atoms with Crippen molar-refractivity contribution in [3.63, 3.8) is 0 Å². The van der Waals surface area contributed by atoms with E-state index >= 15 is 0 Å². The molecule has 2 rings (SSSR count). The van der Waals surface area contributed by atoms with Gasteiger partial charge in [-0.15, -0.1) is 5.10 Å². The number of fused-ring (bicyclic) bond motifs is 1. The number of nitrogens with zero attached hydrogens (tertiary/aromatic N) is 4. The number of aryl methyl sites for hydroxylation is 2. The van der Waals surface area contributed by atoms with Crippen LogP contribution >= 0.6 is 0 Å². The number of rotatable bonds is 3. The third-order valence-corrected chi connectivity index (χ3v) is 2.85. The van der Waals surface area contributed by atoms with Crippen molar-refractivity contribution in [1.29, 1.82) is 0 Å². The van der Waals surface area contributed by atoms with E-state index in [-0.39, 0.29) is 23.9 Å². The summed E-state index contributed by atoms with van der Waals surface area (Å²) in [6.07, 6.45) is 0.0938. The van der Waals surface area contributed by atoms with Gasteiger partial charge in [0.1, 0.15) is 0 Å². The zero-order valence-corrected chi connectivity index (χ0v) is 10.5. The summed E-state index contributed by atoms with van der Waals surface area (Å²) in [5.74, 6) is -0.949. The standard InChI is InChI=1S/C11H12N4O4/c1-14-9-7(10(18)15(2)11(14)19)5-6(12-13-9)3-4-8(16)17/h5H,3-4H2,1-2H3,(H,16,17). The van der Waals surface area contributed by atoms with Crippen molar-refractivity contribution in [3.05, 3.63) is 32.6 Å². The van der Waals surface area contributed by atoms with Crippen LogP contribution in [0.4, 0.5) is 0 Å². The van der Waals surface area contributed by atoms with Gasteiger partial charge in [-0.05, 0) is 6.07 Å². The molecule has 0 unspecified atom stereocenters. The maximum atomic E-state index is 12.0. The van der Waals surface area contributed by atoms with Gasteiger partial charge in [0.15, 0.2) is 5.65 Å². The number of carboxylic acids is 1. The van der Waals surface area contributed by atoms with Crippen molar-refractivity contribution in [1.82, 2.24) is 19.3 Å². The minimum absolute atomic E-state index is 0.0910. The van der Waals surface area contributed by atoms with Crippen molar-refractivity contribution >= 4 is 17.0 Å². The molecule has 2 aromatic rings. The van der Waals surface area contributed by atoms with Crippen LogP contribution in [-0.2, 0) is 25.3 Å². The van der Waals surface area contributed by atoms with Crippen LogP contribution in [0.1, 0.15) is 12.1 Å². The summed E-state index contributed by atoms with van der Waals surface area (Å²) in [6, 6.07) is 1.48. The molecule has 0 amide bonds. The fraction of sp³-hybridized carbons (Fsp3) is 0.364. The second-order valence-electron chi connectivity index (χ2n) is 4.17. The Morgan fingerprint density at radius 3 is 2.58 bits per heavy atom. The molecule has 0 atom stereocenters. The molecule has 0 aliphatic heterocycles. The van der Waals surface area contributed by atoms with Gasteiger partial charge in [-0.2, -0.15) is 5.10 Å². The third kappa shape index (κ3) is 2.24. The Bertz CT molecular complexity index is 775. The van der Waals surface area contributed by atoms with Crippen molar-refractivity contribution in [3.8, 4) is 0 Å². The van der Waals surface area contributed by atoms with Gasteiger partial charge in [-0.3, -0.25) is 18.7 Å². The molecule has 19 heavy (non-hydrogen) atoms. The zero-order chi connectivity index (χ0) is 14.2. The zero-order valence-electron chi connectivity index (χ0n) is 10.5. The van der Waals surface area contributed by atoms with Crippen molar-refractivity contribution in [2.75, 3.05) is 0 Å². The Morgan fingerprint density at radius 2 is 1.95 bits per heavy atom. The lowest BCUT2D eigenvalue weighted by Gasteiger charge is -2.06. The first-order valence-electron chi connectivity index (χ1n) is 5.56. The van der Waals surface area contributed by atoms with Crippen LogP contribution in [0.15, 0.2) is 15.7 Å². The van der Waals surface area contributed by atoms with Crippen molar-refractivity contribution in [2.45, 2.75) is 12.8 Å². The SMILES string of the molecule is Cn1c(=O)c2cc(CCC(=O)O)nnc2n(C)c1=O. The summed E-state index contributed by atoms with van der Waals surface area (Å²) in [5.41, 5.74) is -0.354. The molecule has 0 spiro atoms. The molecule has 0 saturated carbocycles. The summed E-state index contributed by atoms with van der Waals surface area (Å²) in [6.45, 7) is 0. The van der Waals surface area contributed by atoms with E-state index in [0.29, 0.717) is 5.69 Å². The fourth-order valence-electron chi connectivity index (χ4n) is 1.77. The molecule has 2 heterocycles. The third-order valence-electron chi connectivity index (χ3n) is 2.85. The van der Waals surface area contributed by atoms with E-state index in [1.54, 1.807) is 0 Å². The normalized spacial score (nSPS) is 10.8. The van der Waals surface area contributed by atoms with Crippen LogP contribution in [-0.4, -0.2) is 30.4 Å². The maximum Gasteiger partial charge on any atom is 0.332 e. The van der Waals surface area contributed by atoms with Crippen LogP contribution < -0.4 is 11.2 Å². The minimum atomic E-state index is -0.949. The Morgan fingerprint density at radius 1 is 1.26 bits per heavy atom. The van der Waals surface area contributed by atoms with Gasteiger partial charge < -0.3 is 5.11 Å². The van der Waals surface area contributed by atoms with Gasteiger partial charge >= 0.3 is 11.7 Å². The van der Waals surface area contributed by atoms with Crippen LogP contribution in [0.3, 0.4) is 0 Å². The summed E-state index contributed by atoms with van der Waals surface area (Å²) >= 11 is 0. The first-order valence-corrected chi connectivity index (χ1v) is 5.56. The second kappa shape index (κ2) is 4.63. The van der Waals surface area contributed by atoms with Crippen LogP contribution in [0, 0.1) is 0 Å². The monoisotopic (exact) mass is 264 g/mol. The first-order chi connectivity index (χ1) is 8.91. The number of aromatic nitrogens is 4. The highest BCUT2D eigenvalue weighted by atomic mass is 16.4. The average Bonchev–Trinajstić information content (AvgIpc) is 2.40. The molecule has 0 saturated heterocycles. The van der Waals surface area contributed by atoms with Crippen LogP contribution in [0.5, 0.6) is 0 Å². The van der Waals surface area contributed by atoms with E-state index < -0.39 is 17.2 Å². The van der Waals surface area contributed by atoms with Gasteiger partial charge in [0, 0.05) is 20.5 Å². The number of carboxylic acid groups (broad SMARTS) is 1. The molecule has 0 aliphatic rings. The van der Waals surface area contributed by atoms with Crippen LogP contribution in [0.25, 0.3) is 11.0 Å². The fourth-order valence-corrected chi connectivity index (χ4v) is 1.77. The van der Waals surface area contributed by atoms with E-state index in [4.69, 9.17) is 5.11 Å². The van der Waals surface area contributed by atoms with Gasteiger partial charge in [0.05, 0.1) is 17.5 Å². The lowest BCUT2D eigenvalue weighted by Crippen LogP contribution is -2.37. The quantitative estimate of drug-likeness (QED) is 0.765. The molecule has 0 fully saturated rings. The first kappa shape index (κ1) is 12.9. The number of carbonyl (C=O) groups is 1. The predicted molar refractivity (Wildman–Crippen MR) is 66.0 cm³/mol. The summed E-state index contributed by atoms with van der Waals surface area (Å²) < 4.78 is 2.20. The topological polar surface area (TPSA) is 107 Å². The van der Waals surface area contributed by atoms with E-state index in [9.17, 15) is 14.4 Å². The Balaban J connectivity index is 2.63. The van der Waals surface area contributed by atoms with Crippen molar-refractivity contribution in [2.24, 2.45) is 14.1 Å². The molecule has 1 N–H and O–H groups in total. The van der Waals surface area contributed by atoms with E-state index in [2.05, 4.69) is 10.2 Å².